The average Bonchev–Trinajstić information content (AvgIpc) is 3.06. The summed E-state index contributed by atoms with van der Waals surface area (Å²) in [4.78, 5) is 16.9. The molecule has 0 aromatic heterocycles. The zero-order chi connectivity index (χ0) is 17.5. The molecular formula is C20H30N2O3. The van der Waals surface area contributed by atoms with E-state index in [9.17, 15) is 9.90 Å². The fourth-order valence-corrected chi connectivity index (χ4v) is 3.92. The molecule has 1 N–H and O–H groups in total. The number of carbonyl (C=O) groups is 1. The third kappa shape index (κ3) is 5.27. The Bertz CT molecular complexity index is 531. The topological polar surface area (TPSA) is 53.0 Å². The molecule has 1 aromatic carbocycles. The van der Waals surface area contributed by atoms with Crippen molar-refractivity contribution in [2.24, 2.45) is 11.8 Å². The van der Waals surface area contributed by atoms with E-state index in [4.69, 9.17) is 4.74 Å². The third-order valence-electron chi connectivity index (χ3n) is 5.46. The molecule has 2 saturated heterocycles. The van der Waals surface area contributed by atoms with E-state index in [2.05, 4.69) is 17.0 Å². The number of rotatable bonds is 7. The highest BCUT2D eigenvalue weighted by Crippen LogP contribution is 2.25. The molecule has 2 aliphatic rings. The number of ether oxygens (including phenoxy) is 1. The fraction of sp³-hybridized carbons (Fsp3) is 0.650. The van der Waals surface area contributed by atoms with Crippen molar-refractivity contribution in [1.82, 2.24) is 9.80 Å². The van der Waals surface area contributed by atoms with Gasteiger partial charge in [-0.15, -0.1) is 0 Å². The van der Waals surface area contributed by atoms with E-state index in [1.807, 2.05) is 23.1 Å². The van der Waals surface area contributed by atoms with Gasteiger partial charge in [0.25, 0.3) is 0 Å². The fourth-order valence-electron chi connectivity index (χ4n) is 3.92. The van der Waals surface area contributed by atoms with Crippen molar-refractivity contribution < 1.29 is 14.6 Å². The molecule has 138 valence electrons. The van der Waals surface area contributed by atoms with Crippen LogP contribution in [0.3, 0.4) is 0 Å². The highest BCUT2D eigenvalue weighted by atomic mass is 16.5. The smallest absolute Gasteiger partial charge is 0.222 e. The minimum absolute atomic E-state index is 0.169. The molecule has 1 aromatic rings. The maximum Gasteiger partial charge on any atom is 0.222 e. The molecule has 2 fully saturated rings. The zero-order valence-electron chi connectivity index (χ0n) is 15.0. The van der Waals surface area contributed by atoms with E-state index < -0.39 is 0 Å². The van der Waals surface area contributed by atoms with E-state index in [1.165, 1.54) is 5.56 Å². The molecule has 0 radical (unpaired) electrons. The number of likely N-dealkylation sites (tertiary alicyclic amines) is 1. The zero-order valence-corrected chi connectivity index (χ0v) is 15.0. The number of benzene rings is 1. The number of hydrogen-bond acceptors (Lipinski definition) is 4. The first-order valence-corrected chi connectivity index (χ1v) is 9.49. The Morgan fingerprint density at radius 1 is 1.12 bits per heavy atom. The van der Waals surface area contributed by atoms with Crippen LogP contribution in [0.2, 0.25) is 0 Å². The van der Waals surface area contributed by atoms with Crippen molar-refractivity contribution in [2.45, 2.75) is 19.3 Å². The van der Waals surface area contributed by atoms with Gasteiger partial charge in [-0.3, -0.25) is 9.69 Å². The second-order valence-electron chi connectivity index (χ2n) is 7.25. The lowest BCUT2D eigenvalue weighted by atomic mass is 9.96. The molecule has 0 bridgehead atoms. The average molecular weight is 346 g/mol. The van der Waals surface area contributed by atoms with Crippen LogP contribution in [0.15, 0.2) is 30.3 Å². The van der Waals surface area contributed by atoms with Crippen molar-refractivity contribution in [3.8, 4) is 0 Å². The molecule has 0 unspecified atom stereocenters. The molecule has 0 spiro atoms. The molecule has 0 saturated carbocycles. The number of aliphatic hydroxyl groups excluding tert-OH is 1. The minimum atomic E-state index is 0.169. The van der Waals surface area contributed by atoms with Crippen molar-refractivity contribution in [2.75, 3.05) is 52.5 Å². The van der Waals surface area contributed by atoms with E-state index in [-0.39, 0.29) is 18.4 Å². The molecule has 5 nitrogen and oxygen atoms in total. The monoisotopic (exact) mass is 346 g/mol. The highest BCUT2D eigenvalue weighted by Gasteiger charge is 2.35. The van der Waals surface area contributed by atoms with Crippen LogP contribution in [-0.2, 0) is 16.0 Å². The number of amides is 1. The van der Waals surface area contributed by atoms with Gasteiger partial charge >= 0.3 is 0 Å². The molecule has 5 heteroatoms. The van der Waals surface area contributed by atoms with Crippen LogP contribution >= 0.6 is 0 Å². The van der Waals surface area contributed by atoms with E-state index in [0.717, 1.165) is 52.2 Å². The largest absolute Gasteiger partial charge is 0.396 e. The van der Waals surface area contributed by atoms with Crippen molar-refractivity contribution in [1.29, 1.82) is 0 Å². The third-order valence-corrected chi connectivity index (χ3v) is 5.46. The minimum Gasteiger partial charge on any atom is -0.396 e. The summed E-state index contributed by atoms with van der Waals surface area (Å²) in [7, 11) is 0. The summed E-state index contributed by atoms with van der Waals surface area (Å²) >= 11 is 0. The lowest BCUT2D eigenvalue weighted by Gasteiger charge is -2.30. The number of nitrogens with zero attached hydrogens (tertiary/aromatic N) is 2. The first-order valence-electron chi connectivity index (χ1n) is 9.49. The van der Waals surface area contributed by atoms with Crippen LogP contribution in [-0.4, -0.2) is 73.4 Å². The summed E-state index contributed by atoms with van der Waals surface area (Å²) in [6, 6.07) is 10.3. The lowest BCUT2D eigenvalue weighted by molar-refractivity contribution is -0.130. The molecule has 25 heavy (non-hydrogen) atoms. The number of hydrogen-bond donors (Lipinski definition) is 1. The molecule has 3 rings (SSSR count). The molecule has 2 heterocycles. The second kappa shape index (κ2) is 9.32. The van der Waals surface area contributed by atoms with Gasteiger partial charge in [-0.1, -0.05) is 30.3 Å². The van der Waals surface area contributed by atoms with Gasteiger partial charge in [-0.25, -0.2) is 0 Å². The molecular weight excluding hydrogens is 316 g/mol. The molecule has 1 amide bonds. The Morgan fingerprint density at radius 2 is 1.84 bits per heavy atom. The van der Waals surface area contributed by atoms with Crippen LogP contribution in [0.25, 0.3) is 0 Å². The maximum atomic E-state index is 12.5. The van der Waals surface area contributed by atoms with E-state index in [1.54, 1.807) is 0 Å². The molecule has 2 atom stereocenters. The Balaban J connectivity index is 1.44. The second-order valence-corrected chi connectivity index (χ2v) is 7.25. The van der Waals surface area contributed by atoms with Gasteiger partial charge in [0.2, 0.25) is 5.91 Å². The SMILES string of the molecule is O=C(CCCc1ccccc1)N1C[C@@H](CO)[C@@H](CN2CCOCC2)C1. The predicted octanol–water partition coefficient (Wildman–Crippen LogP) is 1.41. The predicted molar refractivity (Wildman–Crippen MR) is 97.3 cm³/mol. The van der Waals surface area contributed by atoms with Gasteiger partial charge in [0, 0.05) is 51.7 Å². The van der Waals surface area contributed by atoms with Crippen molar-refractivity contribution >= 4 is 5.91 Å². The Morgan fingerprint density at radius 3 is 2.56 bits per heavy atom. The summed E-state index contributed by atoms with van der Waals surface area (Å²) in [5.74, 6) is 0.820. The standard InChI is InChI=1S/C20H30N2O3/c23-16-19-15-22(14-18(19)13-21-9-11-25-12-10-21)20(24)8-4-7-17-5-2-1-3-6-17/h1-3,5-6,18-19,23H,4,7-16H2/t18-,19-/m0/s1. The van der Waals surface area contributed by atoms with Gasteiger partial charge in [-0.05, 0) is 24.3 Å². The summed E-state index contributed by atoms with van der Waals surface area (Å²) in [6.45, 7) is 6.12. The Kier molecular flexibility index (Phi) is 6.84. The number of morpholine rings is 1. The van der Waals surface area contributed by atoms with Crippen molar-refractivity contribution in [3.05, 3.63) is 35.9 Å². The van der Waals surface area contributed by atoms with Gasteiger partial charge in [0.15, 0.2) is 0 Å². The quantitative estimate of drug-likeness (QED) is 0.811. The summed E-state index contributed by atoms with van der Waals surface area (Å²) in [5.41, 5.74) is 1.29. The Labute approximate surface area is 150 Å². The van der Waals surface area contributed by atoms with Gasteiger partial charge in [-0.2, -0.15) is 0 Å². The lowest BCUT2D eigenvalue weighted by Crippen LogP contribution is -2.41. The van der Waals surface area contributed by atoms with Crippen LogP contribution in [0.1, 0.15) is 18.4 Å². The first-order chi connectivity index (χ1) is 12.3. The van der Waals surface area contributed by atoms with E-state index >= 15 is 0 Å². The number of carbonyl (C=O) groups excluding carboxylic acids is 1. The number of aliphatic hydroxyl groups is 1. The summed E-state index contributed by atoms with van der Waals surface area (Å²) in [5, 5.41) is 9.71. The van der Waals surface area contributed by atoms with E-state index in [0.29, 0.717) is 18.9 Å². The molecule has 0 aliphatic carbocycles. The van der Waals surface area contributed by atoms with Gasteiger partial charge in [0.05, 0.1) is 13.2 Å². The van der Waals surface area contributed by atoms with Crippen LogP contribution in [0, 0.1) is 11.8 Å². The summed E-state index contributed by atoms with van der Waals surface area (Å²) in [6.07, 6.45) is 2.43. The molecule has 2 aliphatic heterocycles. The normalized spacial score (nSPS) is 24.6. The number of aryl methyl sites for hydroxylation is 1. The van der Waals surface area contributed by atoms with Gasteiger partial charge < -0.3 is 14.7 Å². The highest BCUT2D eigenvalue weighted by molar-refractivity contribution is 5.76. The van der Waals surface area contributed by atoms with Crippen LogP contribution in [0.4, 0.5) is 0 Å². The van der Waals surface area contributed by atoms with Crippen LogP contribution in [0.5, 0.6) is 0 Å². The van der Waals surface area contributed by atoms with Crippen LogP contribution < -0.4 is 0 Å². The summed E-state index contributed by atoms with van der Waals surface area (Å²) < 4.78 is 5.40. The van der Waals surface area contributed by atoms with Gasteiger partial charge in [0.1, 0.15) is 0 Å². The van der Waals surface area contributed by atoms with Crippen molar-refractivity contribution in [3.63, 3.8) is 0 Å². The Hall–Kier alpha value is -1.43. The first kappa shape index (κ1) is 18.4. The maximum absolute atomic E-state index is 12.5.